The van der Waals surface area contributed by atoms with Gasteiger partial charge < -0.3 is 9.47 Å². The first-order chi connectivity index (χ1) is 9.58. The summed E-state index contributed by atoms with van der Waals surface area (Å²) in [7, 11) is 2.79. The van der Waals surface area contributed by atoms with Gasteiger partial charge in [0.1, 0.15) is 5.00 Å². The summed E-state index contributed by atoms with van der Waals surface area (Å²) in [5, 5.41) is 3.20. The molecule has 0 spiro atoms. The number of ether oxygens (including phenoxy) is 2. The molecule has 0 unspecified atom stereocenters. The van der Waals surface area contributed by atoms with Crippen molar-refractivity contribution in [1.29, 1.82) is 0 Å². The quantitative estimate of drug-likeness (QED) is 0.797. The van der Waals surface area contributed by atoms with Gasteiger partial charge in [-0.3, -0.25) is 0 Å². The number of thiophene rings is 1. The minimum Gasteiger partial charge on any atom is -0.494 e. The summed E-state index contributed by atoms with van der Waals surface area (Å²) in [6, 6.07) is 6.84. The number of benzene rings is 1. The largest absolute Gasteiger partial charge is 0.494 e. The standard InChI is InChI=1S/C13H11Cl2NO3S/c1-18-12-9(14)6-8(7-10(12)15)16(13(17)19-2)11-4-3-5-20-11/h3-7H,1-2H3. The number of anilines is 2. The number of methoxy groups -OCH3 is 2. The number of carbonyl (C=O) groups excluding carboxylic acids is 1. The molecule has 1 aromatic carbocycles. The van der Waals surface area contributed by atoms with Gasteiger partial charge in [-0.15, -0.1) is 11.3 Å². The molecule has 7 heteroatoms. The van der Waals surface area contributed by atoms with Crippen molar-refractivity contribution in [2.75, 3.05) is 19.1 Å². The molecule has 0 bridgehead atoms. The van der Waals surface area contributed by atoms with Crippen LogP contribution in [-0.4, -0.2) is 20.3 Å². The van der Waals surface area contributed by atoms with Crippen LogP contribution in [0.4, 0.5) is 15.5 Å². The van der Waals surface area contributed by atoms with Crippen LogP contribution in [0.15, 0.2) is 29.6 Å². The molecule has 0 aliphatic carbocycles. The number of carbonyl (C=O) groups is 1. The van der Waals surface area contributed by atoms with Crippen molar-refractivity contribution < 1.29 is 14.3 Å². The van der Waals surface area contributed by atoms with Gasteiger partial charge in [-0.2, -0.15) is 0 Å². The molecule has 0 atom stereocenters. The molecule has 1 amide bonds. The third kappa shape index (κ3) is 2.85. The lowest BCUT2D eigenvalue weighted by atomic mass is 10.2. The Balaban J connectivity index is 2.53. The number of hydrogen-bond donors (Lipinski definition) is 0. The lowest BCUT2D eigenvalue weighted by Gasteiger charge is -2.20. The second-order valence-electron chi connectivity index (χ2n) is 3.70. The molecular weight excluding hydrogens is 321 g/mol. The lowest BCUT2D eigenvalue weighted by Crippen LogP contribution is -2.24. The predicted octanol–water partition coefficient (Wildman–Crippen LogP) is 4.97. The molecule has 1 aromatic heterocycles. The van der Waals surface area contributed by atoms with Gasteiger partial charge in [0, 0.05) is 0 Å². The first kappa shape index (κ1) is 15.0. The fraction of sp³-hybridized carbons (Fsp3) is 0.154. The van der Waals surface area contributed by atoms with Gasteiger partial charge in [0.05, 0.1) is 30.0 Å². The molecule has 0 aliphatic heterocycles. The average molecular weight is 332 g/mol. The summed E-state index contributed by atoms with van der Waals surface area (Å²) in [4.78, 5) is 13.4. The highest BCUT2D eigenvalue weighted by atomic mass is 35.5. The van der Waals surface area contributed by atoms with Crippen molar-refractivity contribution in [2.45, 2.75) is 0 Å². The SMILES string of the molecule is COC(=O)N(c1cc(Cl)c(OC)c(Cl)c1)c1cccs1. The van der Waals surface area contributed by atoms with Gasteiger partial charge in [0.2, 0.25) is 0 Å². The van der Waals surface area contributed by atoms with E-state index in [4.69, 9.17) is 32.7 Å². The van der Waals surface area contributed by atoms with Crippen LogP contribution < -0.4 is 9.64 Å². The molecule has 20 heavy (non-hydrogen) atoms. The molecule has 0 radical (unpaired) electrons. The Kier molecular flexibility index (Phi) is 4.75. The molecule has 0 aliphatic rings. The molecular formula is C13H11Cl2NO3S. The monoisotopic (exact) mass is 331 g/mol. The van der Waals surface area contributed by atoms with E-state index in [-0.39, 0.29) is 0 Å². The van der Waals surface area contributed by atoms with Crippen molar-refractivity contribution in [3.8, 4) is 5.75 Å². The van der Waals surface area contributed by atoms with Gasteiger partial charge in [0.15, 0.2) is 5.75 Å². The Morgan fingerprint density at radius 2 is 1.90 bits per heavy atom. The van der Waals surface area contributed by atoms with E-state index in [2.05, 4.69) is 0 Å². The molecule has 0 saturated carbocycles. The van der Waals surface area contributed by atoms with Crippen LogP contribution in [0.5, 0.6) is 5.75 Å². The number of halogens is 2. The van der Waals surface area contributed by atoms with Crippen molar-refractivity contribution in [2.24, 2.45) is 0 Å². The van der Waals surface area contributed by atoms with E-state index in [1.165, 1.54) is 30.5 Å². The number of amides is 1. The van der Waals surface area contributed by atoms with E-state index in [0.29, 0.717) is 26.5 Å². The Labute approximate surface area is 130 Å². The second-order valence-corrected chi connectivity index (χ2v) is 5.44. The first-order valence-electron chi connectivity index (χ1n) is 5.53. The summed E-state index contributed by atoms with van der Waals surface area (Å²) in [5.41, 5.74) is 0.509. The molecule has 4 nitrogen and oxygen atoms in total. The van der Waals surface area contributed by atoms with Crippen LogP contribution >= 0.6 is 34.5 Å². The third-order valence-electron chi connectivity index (χ3n) is 2.53. The van der Waals surface area contributed by atoms with Crippen molar-refractivity contribution >= 4 is 51.3 Å². The Morgan fingerprint density at radius 3 is 2.35 bits per heavy atom. The van der Waals surface area contributed by atoms with Crippen LogP contribution in [0.1, 0.15) is 0 Å². The van der Waals surface area contributed by atoms with Crippen molar-refractivity contribution in [3.63, 3.8) is 0 Å². The zero-order valence-electron chi connectivity index (χ0n) is 10.7. The highest BCUT2D eigenvalue weighted by Crippen LogP contribution is 2.40. The molecule has 0 fully saturated rings. The van der Waals surface area contributed by atoms with Crippen LogP contribution in [0.3, 0.4) is 0 Å². The minimum absolute atomic E-state index is 0.320. The fourth-order valence-corrected chi connectivity index (χ4v) is 3.05. The zero-order chi connectivity index (χ0) is 14.7. The Hall–Kier alpha value is -1.43. The normalized spacial score (nSPS) is 10.2. The van der Waals surface area contributed by atoms with Gasteiger partial charge in [0.25, 0.3) is 0 Å². The molecule has 0 N–H and O–H groups in total. The number of hydrogen-bond acceptors (Lipinski definition) is 4. The molecule has 2 aromatic rings. The summed E-state index contributed by atoms with van der Waals surface area (Å²) in [6.45, 7) is 0. The Bertz CT molecular complexity index is 593. The molecule has 2 rings (SSSR count). The fourth-order valence-electron chi connectivity index (χ4n) is 1.68. The average Bonchev–Trinajstić information content (AvgIpc) is 2.92. The molecule has 0 saturated heterocycles. The van der Waals surface area contributed by atoms with E-state index in [9.17, 15) is 4.79 Å². The van der Waals surface area contributed by atoms with Crippen LogP contribution in [0, 0.1) is 0 Å². The van der Waals surface area contributed by atoms with E-state index < -0.39 is 6.09 Å². The summed E-state index contributed by atoms with van der Waals surface area (Å²) >= 11 is 13.6. The Morgan fingerprint density at radius 1 is 1.25 bits per heavy atom. The second kappa shape index (κ2) is 6.35. The van der Waals surface area contributed by atoms with E-state index in [1.54, 1.807) is 18.2 Å². The van der Waals surface area contributed by atoms with Gasteiger partial charge in [-0.25, -0.2) is 9.69 Å². The van der Waals surface area contributed by atoms with Crippen LogP contribution in [-0.2, 0) is 4.74 Å². The van der Waals surface area contributed by atoms with Crippen LogP contribution in [0.2, 0.25) is 10.0 Å². The smallest absolute Gasteiger partial charge is 0.419 e. The lowest BCUT2D eigenvalue weighted by molar-refractivity contribution is 0.182. The zero-order valence-corrected chi connectivity index (χ0v) is 13.1. The van der Waals surface area contributed by atoms with Crippen molar-refractivity contribution in [3.05, 3.63) is 39.7 Å². The van der Waals surface area contributed by atoms with Gasteiger partial charge in [-0.05, 0) is 29.6 Å². The maximum absolute atomic E-state index is 12.0. The minimum atomic E-state index is -0.523. The molecule has 1 heterocycles. The highest BCUT2D eigenvalue weighted by Gasteiger charge is 2.22. The van der Waals surface area contributed by atoms with E-state index >= 15 is 0 Å². The third-order valence-corrected chi connectivity index (χ3v) is 3.94. The maximum Gasteiger partial charge on any atom is 0.419 e. The number of nitrogens with zero attached hydrogens (tertiary/aromatic N) is 1. The van der Waals surface area contributed by atoms with E-state index in [0.717, 1.165) is 0 Å². The molecule has 106 valence electrons. The van der Waals surface area contributed by atoms with Crippen LogP contribution in [0.25, 0.3) is 0 Å². The van der Waals surface area contributed by atoms with E-state index in [1.807, 2.05) is 11.4 Å². The summed E-state index contributed by atoms with van der Waals surface area (Å²) in [5.74, 6) is 0.369. The topological polar surface area (TPSA) is 38.8 Å². The van der Waals surface area contributed by atoms with Gasteiger partial charge in [-0.1, -0.05) is 23.2 Å². The first-order valence-corrected chi connectivity index (χ1v) is 7.16. The van der Waals surface area contributed by atoms with Gasteiger partial charge >= 0.3 is 6.09 Å². The summed E-state index contributed by atoms with van der Waals surface area (Å²) in [6.07, 6.45) is -0.523. The number of rotatable bonds is 3. The highest BCUT2D eigenvalue weighted by molar-refractivity contribution is 7.14. The van der Waals surface area contributed by atoms with Crippen molar-refractivity contribution in [1.82, 2.24) is 0 Å². The predicted molar refractivity (Wildman–Crippen MR) is 81.9 cm³/mol. The maximum atomic E-state index is 12.0. The summed E-state index contributed by atoms with van der Waals surface area (Å²) < 4.78 is 9.90.